The molecule has 0 bridgehead atoms. The molecule has 0 spiro atoms. The van der Waals surface area contributed by atoms with Crippen molar-refractivity contribution in [2.45, 2.75) is 25.4 Å². The number of halogens is 1. The summed E-state index contributed by atoms with van der Waals surface area (Å²) in [7, 11) is 0. The van der Waals surface area contributed by atoms with Crippen LogP contribution in [-0.2, 0) is 22.6 Å². The molecule has 1 fully saturated rings. The molecule has 6 nitrogen and oxygen atoms in total. The number of pyridine rings is 1. The van der Waals surface area contributed by atoms with Crippen LogP contribution in [-0.4, -0.2) is 47.4 Å². The van der Waals surface area contributed by atoms with E-state index >= 15 is 0 Å². The summed E-state index contributed by atoms with van der Waals surface area (Å²) >= 11 is 5.87. The highest BCUT2D eigenvalue weighted by molar-refractivity contribution is 6.30. The summed E-state index contributed by atoms with van der Waals surface area (Å²) in [5.41, 5.74) is 1.99. The molecule has 1 aliphatic rings. The Hall–Kier alpha value is -2.44. The Morgan fingerprint density at radius 3 is 2.81 bits per heavy atom. The summed E-state index contributed by atoms with van der Waals surface area (Å²) in [4.78, 5) is 31.0. The molecular weight excluding hydrogens is 364 g/mol. The van der Waals surface area contributed by atoms with Crippen molar-refractivity contribution in [3.05, 3.63) is 64.9 Å². The molecule has 1 unspecified atom stereocenters. The molecule has 2 aromatic rings. The van der Waals surface area contributed by atoms with Gasteiger partial charge in [0.15, 0.2) is 0 Å². The largest absolute Gasteiger partial charge is 0.356 e. The van der Waals surface area contributed by atoms with Crippen molar-refractivity contribution >= 4 is 23.4 Å². The number of nitrogens with zero attached hydrogens (tertiary/aromatic N) is 2. The van der Waals surface area contributed by atoms with Gasteiger partial charge < -0.3 is 10.6 Å². The summed E-state index contributed by atoms with van der Waals surface area (Å²) in [5, 5.41) is 6.44. The molecule has 1 aromatic carbocycles. The van der Waals surface area contributed by atoms with Gasteiger partial charge in [0.25, 0.3) is 0 Å². The number of aromatic nitrogens is 1. The van der Waals surface area contributed by atoms with E-state index in [0.29, 0.717) is 31.2 Å². The van der Waals surface area contributed by atoms with Crippen molar-refractivity contribution in [2.24, 2.45) is 0 Å². The van der Waals surface area contributed by atoms with Crippen LogP contribution in [0, 0.1) is 0 Å². The first-order valence-corrected chi connectivity index (χ1v) is 9.42. The predicted octanol–water partition coefficient (Wildman–Crippen LogP) is 1.78. The predicted molar refractivity (Wildman–Crippen MR) is 104 cm³/mol. The van der Waals surface area contributed by atoms with Crippen LogP contribution in [0.15, 0.2) is 48.7 Å². The third-order valence-corrected chi connectivity index (χ3v) is 4.81. The Labute approximate surface area is 163 Å². The second-order valence-electron chi connectivity index (χ2n) is 6.53. The zero-order valence-electron chi connectivity index (χ0n) is 15.0. The molecule has 0 radical (unpaired) electrons. The van der Waals surface area contributed by atoms with Crippen LogP contribution in [0.5, 0.6) is 0 Å². The van der Waals surface area contributed by atoms with Gasteiger partial charge >= 0.3 is 0 Å². The zero-order valence-corrected chi connectivity index (χ0v) is 15.8. The number of hydrogen-bond acceptors (Lipinski definition) is 4. The Kier molecular flexibility index (Phi) is 6.79. The van der Waals surface area contributed by atoms with Crippen LogP contribution < -0.4 is 10.6 Å². The van der Waals surface area contributed by atoms with Crippen molar-refractivity contribution in [2.75, 3.05) is 19.6 Å². The summed E-state index contributed by atoms with van der Waals surface area (Å²) in [5.74, 6) is -0.234. The maximum absolute atomic E-state index is 12.3. The monoisotopic (exact) mass is 386 g/mol. The number of amides is 2. The van der Waals surface area contributed by atoms with Gasteiger partial charge in [0, 0.05) is 37.4 Å². The van der Waals surface area contributed by atoms with E-state index < -0.39 is 6.04 Å². The molecule has 0 saturated carbocycles. The lowest BCUT2D eigenvalue weighted by Gasteiger charge is -2.34. The van der Waals surface area contributed by atoms with Gasteiger partial charge in [0.1, 0.15) is 0 Å². The van der Waals surface area contributed by atoms with Crippen LogP contribution in [0.3, 0.4) is 0 Å². The van der Waals surface area contributed by atoms with Gasteiger partial charge in [0.05, 0.1) is 18.2 Å². The average Bonchev–Trinajstić information content (AvgIpc) is 2.67. The summed E-state index contributed by atoms with van der Waals surface area (Å²) < 4.78 is 0. The summed E-state index contributed by atoms with van der Waals surface area (Å²) in [6.45, 7) is 2.36. The SMILES string of the molecule is O=C(CC1C(=O)NCCN1Cc1ccccn1)NCCc1ccc(Cl)cc1. The van der Waals surface area contributed by atoms with E-state index in [0.717, 1.165) is 17.7 Å². The Bertz CT molecular complexity index is 767. The minimum absolute atomic E-state index is 0.106. The molecule has 27 heavy (non-hydrogen) atoms. The van der Waals surface area contributed by atoms with Crippen molar-refractivity contribution in [3.8, 4) is 0 Å². The van der Waals surface area contributed by atoms with E-state index in [-0.39, 0.29) is 18.2 Å². The molecular formula is C20H23ClN4O2. The number of rotatable bonds is 7. The lowest BCUT2D eigenvalue weighted by atomic mass is 10.1. The minimum atomic E-state index is -0.476. The number of nitrogens with one attached hydrogen (secondary N) is 2. The van der Waals surface area contributed by atoms with E-state index in [4.69, 9.17) is 11.6 Å². The third-order valence-electron chi connectivity index (χ3n) is 4.56. The Balaban J connectivity index is 1.51. The number of piperazine rings is 1. The summed E-state index contributed by atoms with van der Waals surface area (Å²) in [6.07, 6.45) is 2.59. The molecule has 7 heteroatoms. The first-order valence-electron chi connectivity index (χ1n) is 9.04. The van der Waals surface area contributed by atoms with E-state index in [1.54, 1.807) is 6.20 Å². The van der Waals surface area contributed by atoms with E-state index in [9.17, 15) is 9.59 Å². The molecule has 142 valence electrons. The Morgan fingerprint density at radius 2 is 2.07 bits per heavy atom. The quantitative estimate of drug-likeness (QED) is 0.760. The molecule has 2 amide bonds. The minimum Gasteiger partial charge on any atom is -0.356 e. The Morgan fingerprint density at radius 1 is 1.26 bits per heavy atom. The second kappa shape index (κ2) is 9.48. The maximum Gasteiger partial charge on any atom is 0.237 e. The van der Waals surface area contributed by atoms with E-state index in [1.807, 2.05) is 47.4 Å². The number of benzene rings is 1. The van der Waals surface area contributed by atoms with Crippen molar-refractivity contribution in [3.63, 3.8) is 0 Å². The van der Waals surface area contributed by atoms with Gasteiger partial charge in [-0.3, -0.25) is 19.5 Å². The molecule has 1 aliphatic heterocycles. The van der Waals surface area contributed by atoms with Crippen molar-refractivity contribution in [1.29, 1.82) is 0 Å². The van der Waals surface area contributed by atoms with Crippen LogP contribution in [0.2, 0.25) is 5.02 Å². The average molecular weight is 387 g/mol. The topological polar surface area (TPSA) is 74.3 Å². The standard InChI is InChI=1S/C20H23ClN4O2/c21-16-6-4-15(5-7-16)8-10-23-19(26)13-18-20(27)24-11-12-25(18)14-17-3-1-2-9-22-17/h1-7,9,18H,8,10-14H2,(H,23,26)(H,24,27). The maximum atomic E-state index is 12.3. The molecule has 2 heterocycles. The number of carbonyl (C=O) groups is 2. The fraction of sp³-hybridized carbons (Fsp3) is 0.350. The molecule has 3 rings (SSSR count). The van der Waals surface area contributed by atoms with E-state index in [2.05, 4.69) is 15.6 Å². The van der Waals surface area contributed by atoms with Gasteiger partial charge in [-0.05, 0) is 36.2 Å². The van der Waals surface area contributed by atoms with Crippen LogP contribution in [0.4, 0.5) is 0 Å². The lowest BCUT2D eigenvalue weighted by Crippen LogP contribution is -2.56. The van der Waals surface area contributed by atoms with Gasteiger partial charge in [-0.1, -0.05) is 29.8 Å². The van der Waals surface area contributed by atoms with Gasteiger partial charge in [-0.25, -0.2) is 0 Å². The summed E-state index contributed by atoms with van der Waals surface area (Å²) in [6, 6.07) is 12.8. The molecule has 1 atom stereocenters. The lowest BCUT2D eigenvalue weighted by molar-refractivity contribution is -0.134. The highest BCUT2D eigenvalue weighted by Crippen LogP contribution is 2.13. The molecule has 2 N–H and O–H groups in total. The van der Waals surface area contributed by atoms with Crippen LogP contribution >= 0.6 is 11.6 Å². The third kappa shape index (κ3) is 5.77. The molecule has 0 aliphatic carbocycles. The van der Waals surface area contributed by atoms with Gasteiger partial charge in [-0.2, -0.15) is 0 Å². The van der Waals surface area contributed by atoms with Crippen LogP contribution in [0.25, 0.3) is 0 Å². The fourth-order valence-corrected chi connectivity index (χ4v) is 3.24. The van der Waals surface area contributed by atoms with Crippen molar-refractivity contribution < 1.29 is 9.59 Å². The highest BCUT2D eigenvalue weighted by Gasteiger charge is 2.31. The van der Waals surface area contributed by atoms with Gasteiger partial charge in [0.2, 0.25) is 11.8 Å². The molecule has 1 aromatic heterocycles. The highest BCUT2D eigenvalue weighted by atomic mass is 35.5. The smallest absolute Gasteiger partial charge is 0.237 e. The second-order valence-corrected chi connectivity index (χ2v) is 6.97. The van der Waals surface area contributed by atoms with E-state index in [1.165, 1.54) is 0 Å². The first-order chi connectivity index (χ1) is 13.1. The zero-order chi connectivity index (χ0) is 19.1. The number of hydrogen-bond donors (Lipinski definition) is 2. The normalized spacial score (nSPS) is 17.4. The molecule has 1 saturated heterocycles. The first kappa shape index (κ1) is 19.3. The number of carbonyl (C=O) groups excluding carboxylic acids is 2. The van der Waals surface area contributed by atoms with Gasteiger partial charge in [-0.15, -0.1) is 0 Å². The fourth-order valence-electron chi connectivity index (χ4n) is 3.12. The van der Waals surface area contributed by atoms with Crippen LogP contribution in [0.1, 0.15) is 17.7 Å². The van der Waals surface area contributed by atoms with Crippen molar-refractivity contribution in [1.82, 2.24) is 20.5 Å².